The summed E-state index contributed by atoms with van der Waals surface area (Å²) in [6, 6.07) is 0.273. The van der Waals surface area contributed by atoms with Crippen molar-refractivity contribution < 1.29 is 4.79 Å². The molecular formula is C13H26N2OS. The maximum Gasteiger partial charge on any atom is 0.222 e. The van der Waals surface area contributed by atoms with E-state index in [-0.39, 0.29) is 17.5 Å². The van der Waals surface area contributed by atoms with Crippen LogP contribution >= 0.6 is 11.8 Å². The van der Waals surface area contributed by atoms with Gasteiger partial charge in [-0.2, -0.15) is 11.8 Å². The van der Waals surface area contributed by atoms with Crippen LogP contribution in [0.15, 0.2) is 0 Å². The van der Waals surface area contributed by atoms with Gasteiger partial charge in [-0.1, -0.05) is 19.3 Å². The second-order valence-electron chi connectivity index (χ2n) is 5.19. The van der Waals surface area contributed by atoms with E-state index in [9.17, 15) is 4.79 Å². The molecule has 3 nitrogen and oxygen atoms in total. The summed E-state index contributed by atoms with van der Waals surface area (Å²) in [5.41, 5.74) is 0.0570. The lowest BCUT2D eigenvalue weighted by atomic mass is 9.79. The third-order valence-electron chi connectivity index (χ3n) is 3.66. The minimum absolute atomic E-state index is 0.0570. The van der Waals surface area contributed by atoms with E-state index in [1.807, 2.05) is 7.05 Å². The minimum Gasteiger partial charge on any atom is -0.353 e. The molecule has 4 heteroatoms. The molecule has 0 aromatic heterocycles. The lowest BCUT2D eigenvalue weighted by Crippen LogP contribution is -2.49. The molecule has 1 unspecified atom stereocenters. The Bertz CT molecular complexity index is 240. The molecule has 1 aliphatic rings. The fraction of sp³-hybridized carbons (Fsp3) is 0.923. The van der Waals surface area contributed by atoms with Crippen LogP contribution in [0.3, 0.4) is 0 Å². The smallest absolute Gasteiger partial charge is 0.222 e. The molecule has 2 N–H and O–H groups in total. The van der Waals surface area contributed by atoms with Crippen molar-refractivity contribution in [3.05, 3.63) is 0 Å². The van der Waals surface area contributed by atoms with Gasteiger partial charge in [0.25, 0.3) is 0 Å². The Morgan fingerprint density at radius 2 is 2.00 bits per heavy atom. The highest BCUT2D eigenvalue weighted by atomic mass is 32.2. The highest BCUT2D eigenvalue weighted by molar-refractivity contribution is 7.98. The zero-order chi connectivity index (χ0) is 12.7. The van der Waals surface area contributed by atoms with Gasteiger partial charge in [-0.15, -0.1) is 0 Å². The predicted molar refractivity (Wildman–Crippen MR) is 75.5 cm³/mol. The first-order valence-corrected chi connectivity index (χ1v) is 7.98. The first-order chi connectivity index (χ1) is 8.12. The van der Waals surface area contributed by atoms with E-state index in [1.54, 1.807) is 11.8 Å². The summed E-state index contributed by atoms with van der Waals surface area (Å²) in [5.74, 6) is 1.18. The van der Waals surface area contributed by atoms with Crippen LogP contribution in [0.4, 0.5) is 0 Å². The Kier molecular flexibility index (Phi) is 6.34. The zero-order valence-electron chi connectivity index (χ0n) is 11.3. The van der Waals surface area contributed by atoms with Crippen LogP contribution in [-0.2, 0) is 4.79 Å². The van der Waals surface area contributed by atoms with Gasteiger partial charge in [-0.3, -0.25) is 4.79 Å². The van der Waals surface area contributed by atoms with E-state index in [0.717, 1.165) is 18.6 Å². The molecule has 1 amide bonds. The molecular weight excluding hydrogens is 232 g/mol. The number of carbonyl (C=O) groups is 1. The van der Waals surface area contributed by atoms with Crippen LogP contribution in [-0.4, -0.2) is 36.5 Å². The third-order valence-corrected chi connectivity index (χ3v) is 4.50. The van der Waals surface area contributed by atoms with Crippen molar-refractivity contribution in [1.29, 1.82) is 0 Å². The van der Waals surface area contributed by atoms with E-state index in [0.29, 0.717) is 6.42 Å². The van der Waals surface area contributed by atoms with Gasteiger partial charge in [0.05, 0.1) is 0 Å². The standard InChI is InChI=1S/C13H26N2OS/c1-11(10-17-3)15-12(16)9-13(14-2)7-5-4-6-8-13/h11,14H,4-10H2,1-3H3,(H,15,16). The third kappa shape index (κ3) is 4.88. The fourth-order valence-electron chi connectivity index (χ4n) is 2.67. The number of carbonyl (C=O) groups excluding carboxylic acids is 1. The van der Waals surface area contributed by atoms with Crippen LogP contribution in [0, 0.1) is 0 Å². The van der Waals surface area contributed by atoms with E-state index in [1.165, 1.54) is 19.3 Å². The van der Waals surface area contributed by atoms with Crippen LogP contribution in [0.5, 0.6) is 0 Å². The van der Waals surface area contributed by atoms with Crippen molar-refractivity contribution in [2.45, 2.75) is 57.0 Å². The summed E-state index contributed by atoms with van der Waals surface area (Å²) in [7, 11) is 1.99. The van der Waals surface area contributed by atoms with Gasteiger partial charge in [0, 0.05) is 23.8 Å². The molecule has 1 fully saturated rings. The van der Waals surface area contributed by atoms with E-state index in [2.05, 4.69) is 23.8 Å². The van der Waals surface area contributed by atoms with Gasteiger partial charge in [0.1, 0.15) is 0 Å². The highest BCUT2D eigenvalue weighted by Gasteiger charge is 2.32. The van der Waals surface area contributed by atoms with Gasteiger partial charge in [0.2, 0.25) is 5.91 Å². The average molecular weight is 258 g/mol. The molecule has 0 bridgehead atoms. The van der Waals surface area contributed by atoms with Crippen molar-refractivity contribution >= 4 is 17.7 Å². The normalized spacial score (nSPS) is 20.9. The van der Waals surface area contributed by atoms with Crippen LogP contribution in [0.1, 0.15) is 45.4 Å². The molecule has 17 heavy (non-hydrogen) atoms. The van der Waals surface area contributed by atoms with Crippen molar-refractivity contribution in [3.63, 3.8) is 0 Å². The van der Waals surface area contributed by atoms with Crippen molar-refractivity contribution in [3.8, 4) is 0 Å². The predicted octanol–water partition coefficient (Wildman–Crippen LogP) is 2.17. The number of nitrogens with one attached hydrogen (secondary N) is 2. The lowest BCUT2D eigenvalue weighted by molar-refractivity contribution is -0.123. The molecule has 0 radical (unpaired) electrons. The quantitative estimate of drug-likeness (QED) is 0.767. The van der Waals surface area contributed by atoms with Crippen molar-refractivity contribution in [2.24, 2.45) is 0 Å². The summed E-state index contributed by atoms with van der Waals surface area (Å²) in [4.78, 5) is 12.0. The first-order valence-electron chi connectivity index (χ1n) is 6.59. The van der Waals surface area contributed by atoms with Crippen molar-refractivity contribution in [1.82, 2.24) is 10.6 Å². The Labute approximate surface area is 109 Å². The van der Waals surface area contributed by atoms with E-state index < -0.39 is 0 Å². The second-order valence-corrected chi connectivity index (χ2v) is 6.10. The van der Waals surface area contributed by atoms with Crippen LogP contribution in [0.2, 0.25) is 0 Å². The first kappa shape index (κ1) is 14.8. The molecule has 0 aromatic rings. The van der Waals surface area contributed by atoms with Gasteiger partial charge >= 0.3 is 0 Å². The SMILES string of the molecule is CNC1(CC(=O)NC(C)CSC)CCCCC1. The fourth-order valence-corrected chi connectivity index (χ4v) is 3.25. The Morgan fingerprint density at radius 1 is 1.35 bits per heavy atom. The molecule has 1 rings (SSSR count). The van der Waals surface area contributed by atoms with Crippen LogP contribution < -0.4 is 10.6 Å². The maximum absolute atomic E-state index is 12.0. The molecule has 0 heterocycles. The maximum atomic E-state index is 12.0. The molecule has 0 spiro atoms. The lowest BCUT2D eigenvalue weighted by Gasteiger charge is -2.37. The molecule has 1 aliphatic carbocycles. The number of rotatable bonds is 6. The number of hydrogen-bond acceptors (Lipinski definition) is 3. The van der Waals surface area contributed by atoms with Gasteiger partial charge in [-0.05, 0) is 33.1 Å². The van der Waals surface area contributed by atoms with Gasteiger partial charge in [0.15, 0.2) is 0 Å². The number of hydrogen-bond donors (Lipinski definition) is 2. The van der Waals surface area contributed by atoms with Crippen molar-refractivity contribution in [2.75, 3.05) is 19.1 Å². The minimum atomic E-state index is 0.0570. The second kappa shape index (κ2) is 7.27. The summed E-state index contributed by atoms with van der Waals surface area (Å²) < 4.78 is 0. The van der Waals surface area contributed by atoms with E-state index in [4.69, 9.17) is 0 Å². The monoisotopic (exact) mass is 258 g/mol. The van der Waals surface area contributed by atoms with Gasteiger partial charge < -0.3 is 10.6 Å². The largest absolute Gasteiger partial charge is 0.353 e. The van der Waals surface area contributed by atoms with Crippen LogP contribution in [0.25, 0.3) is 0 Å². The average Bonchev–Trinajstić information content (AvgIpc) is 2.30. The highest BCUT2D eigenvalue weighted by Crippen LogP contribution is 2.30. The summed E-state index contributed by atoms with van der Waals surface area (Å²) in [6.07, 6.45) is 8.76. The molecule has 1 atom stereocenters. The zero-order valence-corrected chi connectivity index (χ0v) is 12.2. The summed E-state index contributed by atoms with van der Waals surface area (Å²) in [5, 5.41) is 6.47. The Hall–Kier alpha value is -0.220. The molecule has 0 saturated heterocycles. The summed E-state index contributed by atoms with van der Waals surface area (Å²) >= 11 is 1.77. The molecule has 0 aliphatic heterocycles. The Morgan fingerprint density at radius 3 is 2.53 bits per heavy atom. The number of amides is 1. The molecule has 1 saturated carbocycles. The van der Waals surface area contributed by atoms with Gasteiger partial charge in [-0.25, -0.2) is 0 Å². The van der Waals surface area contributed by atoms with E-state index >= 15 is 0 Å². The summed E-state index contributed by atoms with van der Waals surface area (Å²) in [6.45, 7) is 2.07. The topological polar surface area (TPSA) is 41.1 Å². The number of thioether (sulfide) groups is 1. The molecule has 100 valence electrons. The molecule has 0 aromatic carbocycles. The Balaban J connectivity index is 2.41.